The Bertz CT molecular complexity index is 789. The van der Waals surface area contributed by atoms with Crippen molar-refractivity contribution in [1.29, 1.82) is 0 Å². The Kier molecular flexibility index (Phi) is 6.12. The minimum atomic E-state index is -2.75. The van der Waals surface area contributed by atoms with E-state index in [4.69, 9.17) is 25.6 Å². The fraction of sp³-hybridized carbons (Fsp3) is 0.550. The fourth-order valence-electron chi connectivity index (χ4n) is 3.51. The Labute approximate surface area is 175 Å². The molecule has 2 atom stereocenters. The van der Waals surface area contributed by atoms with Crippen LogP contribution in [-0.2, 0) is 18.8 Å². The third kappa shape index (κ3) is 4.21. The highest BCUT2D eigenvalue weighted by Crippen LogP contribution is 2.37. The second-order valence-electron chi connectivity index (χ2n) is 8.31. The quantitative estimate of drug-likeness (QED) is 0.546. The van der Waals surface area contributed by atoms with Crippen LogP contribution in [0.2, 0.25) is 5.02 Å². The zero-order chi connectivity index (χ0) is 21.6. The van der Waals surface area contributed by atoms with E-state index in [0.29, 0.717) is 16.0 Å². The topological polar surface area (TPSA) is 48.0 Å². The molecule has 2 heterocycles. The Morgan fingerprint density at radius 1 is 1.24 bits per heavy atom. The van der Waals surface area contributed by atoms with Gasteiger partial charge in [-0.15, -0.1) is 0 Å². The van der Waals surface area contributed by atoms with Gasteiger partial charge in [0, 0.05) is 5.02 Å². The molecule has 0 radical (unpaired) electrons. The molecule has 2 fully saturated rings. The van der Waals surface area contributed by atoms with E-state index in [-0.39, 0.29) is 13.2 Å². The average Bonchev–Trinajstić information content (AvgIpc) is 2.87. The molecule has 2 aliphatic rings. The van der Waals surface area contributed by atoms with E-state index in [1.807, 2.05) is 27.7 Å². The lowest BCUT2D eigenvalue weighted by atomic mass is 9.77. The summed E-state index contributed by atoms with van der Waals surface area (Å²) in [5.74, 6) is -0.583. The first-order chi connectivity index (χ1) is 13.5. The van der Waals surface area contributed by atoms with Crippen LogP contribution in [0.15, 0.2) is 30.9 Å². The zero-order valence-corrected chi connectivity index (χ0v) is 17.7. The highest BCUT2D eigenvalue weighted by molar-refractivity contribution is 6.62. The van der Waals surface area contributed by atoms with Gasteiger partial charge in [-0.05, 0) is 56.9 Å². The number of rotatable bonds is 4. The first-order valence-corrected chi connectivity index (χ1v) is 9.81. The number of nitrogens with zero attached hydrogens (tertiary/aromatic N) is 1. The fourth-order valence-corrected chi connectivity index (χ4v) is 3.76. The summed E-state index contributed by atoms with van der Waals surface area (Å²) < 4.78 is 44.7. The normalized spacial score (nSPS) is 26.1. The van der Waals surface area contributed by atoms with Gasteiger partial charge < -0.3 is 18.9 Å². The van der Waals surface area contributed by atoms with Gasteiger partial charge in [0.05, 0.1) is 30.5 Å². The molecule has 3 rings (SSSR count). The number of halogens is 3. The minimum absolute atomic E-state index is 0.0753. The number of hydrogen-bond acceptors (Lipinski definition) is 4. The second kappa shape index (κ2) is 7.98. The lowest BCUT2D eigenvalue weighted by molar-refractivity contribution is -0.151. The Balaban J connectivity index is 1.98. The van der Waals surface area contributed by atoms with Crippen LogP contribution in [-0.4, -0.2) is 54.8 Å². The average molecular weight is 428 g/mol. The molecule has 0 N–H and O–H groups in total. The van der Waals surface area contributed by atoms with Gasteiger partial charge in [-0.1, -0.05) is 24.2 Å². The molecule has 9 heteroatoms. The summed E-state index contributed by atoms with van der Waals surface area (Å²) in [7, 11) is -0.670. The van der Waals surface area contributed by atoms with Crippen molar-refractivity contribution in [1.82, 2.24) is 4.90 Å². The van der Waals surface area contributed by atoms with E-state index in [1.165, 1.54) is 0 Å². The standard InChI is InChI=1S/C20H25BClF2NO4/c1-6-17(26)25-15(10-27-11-16(25)18(23)24)12-7-13(9-14(22)8-12)21-28-19(2,3)20(4,5)29-21/h6-9,15-16,18H,1,10-11H2,2-5H3/t15-,16-/m0/s1. The number of alkyl halides is 2. The third-order valence-electron chi connectivity index (χ3n) is 5.83. The molecule has 0 saturated carbocycles. The van der Waals surface area contributed by atoms with Crippen molar-refractivity contribution < 1.29 is 27.6 Å². The highest BCUT2D eigenvalue weighted by atomic mass is 35.5. The largest absolute Gasteiger partial charge is 0.494 e. The lowest BCUT2D eigenvalue weighted by Gasteiger charge is -2.41. The Morgan fingerprint density at radius 3 is 2.41 bits per heavy atom. The molecule has 0 unspecified atom stereocenters. The second-order valence-corrected chi connectivity index (χ2v) is 8.75. The van der Waals surface area contributed by atoms with Gasteiger partial charge in [0.2, 0.25) is 5.91 Å². The third-order valence-corrected chi connectivity index (χ3v) is 6.05. The van der Waals surface area contributed by atoms with Crippen molar-refractivity contribution in [3.8, 4) is 0 Å². The molecule has 5 nitrogen and oxygen atoms in total. The maximum absolute atomic E-state index is 13.6. The number of amides is 1. The molecule has 0 aliphatic carbocycles. The van der Waals surface area contributed by atoms with Gasteiger partial charge >= 0.3 is 7.12 Å². The van der Waals surface area contributed by atoms with Gasteiger partial charge in [-0.2, -0.15) is 0 Å². The Hall–Kier alpha value is -1.48. The first-order valence-electron chi connectivity index (χ1n) is 9.43. The van der Waals surface area contributed by atoms with Crippen LogP contribution in [0.3, 0.4) is 0 Å². The number of carbonyl (C=O) groups excluding carboxylic acids is 1. The van der Waals surface area contributed by atoms with E-state index >= 15 is 0 Å². The van der Waals surface area contributed by atoms with E-state index in [1.54, 1.807) is 18.2 Å². The van der Waals surface area contributed by atoms with Crippen molar-refractivity contribution in [3.63, 3.8) is 0 Å². The molecule has 1 aromatic carbocycles. The zero-order valence-electron chi connectivity index (χ0n) is 17.0. The minimum Gasteiger partial charge on any atom is -0.399 e. The van der Waals surface area contributed by atoms with E-state index in [2.05, 4.69) is 6.58 Å². The number of morpholine rings is 1. The molecule has 0 bridgehead atoms. The van der Waals surface area contributed by atoms with Crippen LogP contribution in [0.4, 0.5) is 8.78 Å². The van der Waals surface area contributed by atoms with Crippen molar-refractivity contribution >= 4 is 30.1 Å². The number of carbonyl (C=O) groups is 1. The van der Waals surface area contributed by atoms with Gasteiger partial charge in [-0.3, -0.25) is 4.79 Å². The van der Waals surface area contributed by atoms with Crippen molar-refractivity contribution in [2.24, 2.45) is 0 Å². The summed E-state index contributed by atoms with van der Waals surface area (Å²) in [5.41, 5.74) is 0.137. The van der Waals surface area contributed by atoms with Crippen LogP contribution >= 0.6 is 11.6 Å². The van der Waals surface area contributed by atoms with E-state index in [9.17, 15) is 13.6 Å². The molecule has 0 aromatic heterocycles. The lowest BCUT2D eigenvalue weighted by Crippen LogP contribution is -2.53. The van der Waals surface area contributed by atoms with Gasteiger partial charge in [-0.25, -0.2) is 8.78 Å². The predicted molar refractivity (Wildman–Crippen MR) is 108 cm³/mol. The maximum atomic E-state index is 13.6. The van der Waals surface area contributed by atoms with Crippen LogP contribution in [0.25, 0.3) is 0 Å². The predicted octanol–water partition coefficient (Wildman–Crippen LogP) is 3.36. The molecular formula is C20H25BClF2NO4. The monoisotopic (exact) mass is 427 g/mol. The van der Waals surface area contributed by atoms with Crippen molar-refractivity contribution in [2.45, 2.75) is 57.4 Å². The van der Waals surface area contributed by atoms with E-state index in [0.717, 1.165) is 11.0 Å². The molecule has 158 valence electrons. The molecule has 1 aromatic rings. The summed E-state index contributed by atoms with van der Waals surface area (Å²) in [6.45, 7) is 11.0. The number of ether oxygens (including phenoxy) is 1. The van der Waals surface area contributed by atoms with Crippen LogP contribution in [0.5, 0.6) is 0 Å². The first kappa shape index (κ1) is 22.2. The smallest absolute Gasteiger partial charge is 0.399 e. The van der Waals surface area contributed by atoms with Gasteiger partial charge in [0.1, 0.15) is 6.04 Å². The molecule has 29 heavy (non-hydrogen) atoms. The van der Waals surface area contributed by atoms with Gasteiger partial charge in [0.25, 0.3) is 6.43 Å². The van der Waals surface area contributed by atoms with Gasteiger partial charge in [0.15, 0.2) is 0 Å². The summed E-state index contributed by atoms with van der Waals surface area (Å²) >= 11 is 6.33. The number of hydrogen-bond donors (Lipinski definition) is 0. The van der Waals surface area contributed by atoms with Crippen LogP contribution in [0.1, 0.15) is 39.3 Å². The number of benzene rings is 1. The Morgan fingerprint density at radius 2 is 1.86 bits per heavy atom. The molecule has 1 amide bonds. The SMILES string of the molecule is C=CC(=O)N1[C@H](c2cc(Cl)cc(B3OC(C)(C)C(C)(C)O3)c2)COC[C@H]1C(F)F. The molecule has 0 spiro atoms. The summed E-state index contributed by atoms with van der Waals surface area (Å²) in [6.07, 6.45) is -1.71. The molecule has 2 saturated heterocycles. The molecular weight excluding hydrogens is 402 g/mol. The van der Waals surface area contributed by atoms with Crippen molar-refractivity contribution in [3.05, 3.63) is 41.4 Å². The summed E-state index contributed by atoms with van der Waals surface area (Å²) in [5, 5.41) is 0.386. The molecule has 2 aliphatic heterocycles. The van der Waals surface area contributed by atoms with Crippen molar-refractivity contribution in [2.75, 3.05) is 13.2 Å². The van der Waals surface area contributed by atoms with Crippen LogP contribution < -0.4 is 5.46 Å². The maximum Gasteiger partial charge on any atom is 0.494 e. The summed E-state index contributed by atoms with van der Waals surface area (Å²) in [6, 6.07) is 3.02. The summed E-state index contributed by atoms with van der Waals surface area (Å²) in [4.78, 5) is 13.5. The highest BCUT2D eigenvalue weighted by Gasteiger charge is 2.52. The van der Waals surface area contributed by atoms with Crippen LogP contribution in [0, 0.1) is 0 Å². The van der Waals surface area contributed by atoms with E-state index < -0.39 is 42.7 Å².